The Hall–Kier alpha value is -1.64. The molecule has 0 bridgehead atoms. The van der Waals surface area contributed by atoms with E-state index >= 15 is 0 Å². The van der Waals surface area contributed by atoms with Crippen molar-refractivity contribution in [3.63, 3.8) is 0 Å². The highest BCUT2D eigenvalue weighted by Gasteiger charge is 2.01. The molecule has 1 aromatic carbocycles. The number of rotatable bonds is 5. The van der Waals surface area contributed by atoms with Gasteiger partial charge in [0.25, 0.3) is 5.69 Å². The molecule has 3 nitrogen and oxygen atoms in total. The highest BCUT2D eigenvalue weighted by Crippen LogP contribution is 2.13. The van der Waals surface area contributed by atoms with Crippen LogP contribution in [0.3, 0.4) is 0 Å². The van der Waals surface area contributed by atoms with Gasteiger partial charge in [-0.2, -0.15) is 0 Å². The molecule has 3 heteroatoms. The van der Waals surface area contributed by atoms with Gasteiger partial charge in [0.1, 0.15) is 0 Å². The van der Waals surface area contributed by atoms with Crippen molar-refractivity contribution in [1.29, 1.82) is 0 Å². The highest BCUT2D eigenvalue weighted by atomic mass is 16.6. The third kappa shape index (κ3) is 3.94. The zero-order chi connectivity index (χ0) is 11.1. The molecule has 0 saturated carbocycles. The second-order valence-electron chi connectivity index (χ2n) is 3.39. The first-order valence-electron chi connectivity index (χ1n) is 5.15. The van der Waals surface area contributed by atoms with Crippen LogP contribution in [0.25, 0.3) is 6.08 Å². The molecule has 0 unspecified atom stereocenters. The van der Waals surface area contributed by atoms with Crippen LogP contribution >= 0.6 is 0 Å². The monoisotopic (exact) mass is 205 g/mol. The standard InChI is InChI=1S/C12H15NO2/c1-2-3-4-5-6-11-7-9-12(10-8-11)13(14)15/h5-10H,2-4H2,1H3. The van der Waals surface area contributed by atoms with E-state index in [2.05, 4.69) is 13.0 Å². The molecule has 0 aliphatic carbocycles. The lowest BCUT2D eigenvalue weighted by Crippen LogP contribution is -1.86. The molecule has 0 heterocycles. The third-order valence-electron chi connectivity index (χ3n) is 2.14. The largest absolute Gasteiger partial charge is 0.269 e. The second-order valence-corrected chi connectivity index (χ2v) is 3.39. The number of nitro groups is 1. The van der Waals surface area contributed by atoms with E-state index in [1.54, 1.807) is 12.1 Å². The normalized spacial score (nSPS) is 10.7. The van der Waals surface area contributed by atoms with Crippen LogP contribution in [0.2, 0.25) is 0 Å². The molecule has 0 atom stereocenters. The summed E-state index contributed by atoms with van der Waals surface area (Å²) in [5.74, 6) is 0. The summed E-state index contributed by atoms with van der Waals surface area (Å²) in [7, 11) is 0. The smallest absolute Gasteiger partial charge is 0.258 e. The molecule has 0 aromatic heterocycles. The van der Waals surface area contributed by atoms with Gasteiger partial charge in [0.15, 0.2) is 0 Å². The summed E-state index contributed by atoms with van der Waals surface area (Å²) in [6.07, 6.45) is 7.53. The number of benzene rings is 1. The SMILES string of the molecule is CCCCC=Cc1ccc([N+](=O)[O-])cc1. The van der Waals surface area contributed by atoms with Gasteiger partial charge in [-0.25, -0.2) is 0 Å². The maximum Gasteiger partial charge on any atom is 0.269 e. The van der Waals surface area contributed by atoms with Gasteiger partial charge in [-0.1, -0.05) is 31.9 Å². The quantitative estimate of drug-likeness (QED) is 0.417. The van der Waals surface area contributed by atoms with E-state index in [9.17, 15) is 10.1 Å². The second kappa shape index (κ2) is 5.96. The summed E-state index contributed by atoms with van der Waals surface area (Å²) in [6.45, 7) is 2.15. The fourth-order valence-electron chi connectivity index (χ4n) is 1.25. The Morgan fingerprint density at radius 1 is 1.33 bits per heavy atom. The van der Waals surface area contributed by atoms with Gasteiger partial charge in [-0.3, -0.25) is 10.1 Å². The number of hydrogen-bond donors (Lipinski definition) is 0. The molecule has 0 N–H and O–H groups in total. The lowest BCUT2D eigenvalue weighted by molar-refractivity contribution is -0.384. The molecule has 0 aliphatic rings. The van der Waals surface area contributed by atoms with Crippen molar-refractivity contribution in [2.75, 3.05) is 0 Å². The average molecular weight is 205 g/mol. The summed E-state index contributed by atoms with van der Waals surface area (Å²) in [5.41, 5.74) is 1.15. The van der Waals surface area contributed by atoms with E-state index in [1.807, 2.05) is 6.08 Å². The van der Waals surface area contributed by atoms with Gasteiger partial charge in [0.05, 0.1) is 4.92 Å². The van der Waals surface area contributed by atoms with E-state index in [1.165, 1.54) is 25.0 Å². The predicted octanol–water partition coefficient (Wildman–Crippen LogP) is 3.80. The zero-order valence-corrected chi connectivity index (χ0v) is 8.85. The molecule has 0 fully saturated rings. The Labute approximate surface area is 89.6 Å². The summed E-state index contributed by atoms with van der Waals surface area (Å²) in [5, 5.41) is 10.4. The van der Waals surface area contributed by atoms with Crippen molar-refractivity contribution in [3.8, 4) is 0 Å². The maximum absolute atomic E-state index is 10.4. The average Bonchev–Trinajstić information content (AvgIpc) is 2.25. The van der Waals surface area contributed by atoms with Gasteiger partial charge < -0.3 is 0 Å². The van der Waals surface area contributed by atoms with Crippen LogP contribution in [0.4, 0.5) is 5.69 Å². The summed E-state index contributed by atoms with van der Waals surface area (Å²) < 4.78 is 0. The van der Waals surface area contributed by atoms with E-state index in [-0.39, 0.29) is 10.6 Å². The topological polar surface area (TPSA) is 43.1 Å². The van der Waals surface area contributed by atoms with Crippen molar-refractivity contribution in [1.82, 2.24) is 0 Å². The number of unbranched alkanes of at least 4 members (excludes halogenated alkanes) is 2. The van der Waals surface area contributed by atoms with E-state index in [0.29, 0.717) is 0 Å². The molecule has 1 aromatic rings. The molecule has 15 heavy (non-hydrogen) atoms. The number of allylic oxidation sites excluding steroid dienone is 1. The summed E-state index contributed by atoms with van der Waals surface area (Å²) in [4.78, 5) is 10.0. The van der Waals surface area contributed by atoms with E-state index in [4.69, 9.17) is 0 Å². The maximum atomic E-state index is 10.4. The Bertz CT molecular complexity index is 341. The van der Waals surface area contributed by atoms with Crippen LogP contribution in [-0.4, -0.2) is 4.92 Å². The van der Waals surface area contributed by atoms with Crippen LogP contribution in [0.5, 0.6) is 0 Å². The van der Waals surface area contributed by atoms with Gasteiger partial charge in [0.2, 0.25) is 0 Å². The number of hydrogen-bond acceptors (Lipinski definition) is 2. The lowest BCUT2D eigenvalue weighted by atomic mass is 10.1. The van der Waals surface area contributed by atoms with Crippen molar-refractivity contribution in [3.05, 3.63) is 46.0 Å². The molecular weight excluding hydrogens is 190 g/mol. The molecule has 0 radical (unpaired) electrons. The molecule has 0 saturated heterocycles. The van der Waals surface area contributed by atoms with Crippen LogP contribution in [0.1, 0.15) is 31.7 Å². The van der Waals surface area contributed by atoms with Gasteiger partial charge in [-0.05, 0) is 24.1 Å². The highest BCUT2D eigenvalue weighted by molar-refractivity contribution is 5.51. The van der Waals surface area contributed by atoms with Crippen LogP contribution in [0.15, 0.2) is 30.3 Å². The molecule has 1 rings (SSSR count). The minimum absolute atomic E-state index is 0.140. The molecule has 0 spiro atoms. The predicted molar refractivity (Wildman–Crippen MR) is 61.7 cm³/mol. The van der Waals surface area contributed by atoms with Crippen molar-refractivity contribution in [2.24, 2.45) is 0 Å². The number of nitrogens with zero attached hydrogens (tertiary/aromatic N) is 1. The molecule has 80 valence electrons. The van der Waals surface area contributed by atoms with Crippen LogP contribution in [0, 0.1) is 10.1 Å². The summed E-state index contributed by atoms with van der Waals surface area (Å²) >= 11 is 0. The lowest BCUT2D eigenvalue weighted by Gasteiger charge is -1.93. The molecule has 0 amide bonds. The first-order valence-corrected chi connectivity index (χ1v) is 5.15. The Kier molecular flexibility index (Phi) is 4.54. The number of nitro benzene ring substituents is 1. The fraction of sp³-hybridized carbons (Fsp3) is 0.333. The van der Waals surface area contributed by atoms with Gasteiger partial charge >= 0.3 is 0 Å². The minimum atomic E-state index is -0.384. The first kappa shape index (κ1) is 11.4. The van der Waals surface area contributed by atoms with E-state index in [0.717, 1.165) is 12.0 Å². The Morgan fingerprint density at radius 2 is 2.00 bits per heavy atom. The van der Waals surface area contributed by atoms with Crippen molar-refractivity contribution in [2.45, 2.75) is 26.2 Å². The van der Waals surface area contributed by atoms with Gasteiger partial charge in [-0.15, -0.1) is 0 Å². The molecule has 0 aliphatic heterocycles. The minimum Gasteiger partial charge on any atom is -0.258 e. The summed E-state index contributed by atoms with van der Waals surface area (Å²) in [6, 6.07) is 6.58. The van der Waals surface area contributed by atoms with E-state index < -0.39 is 0 Å². The van der Waals surface area contributed by atoms with Crippen LogP contribution < -0.4 is 0 Å². The van der Waals surface area contributed by atoms with Crippen molar-refractivity contribution >= 4 is 11.8 Å². The Balaban J connectivity index is 2.56. The first-order chi connectivity index (χ1) is 7.24. The Morgan fingerprint density at radius 3 is 2.53 bits per heavy atom. The van der Waals surface area contributed by atoms with Crippen LogP contribution in [-0.2, 0) is 0 Å². The number of non-ortho nitro benzene ring substituents is 1. The van der Waals surface area contributed by atoms with Crippen molar-refractivity contribution < 1.29 is 4.92 Å². The third-order valence-corrected chi connectivity index (χ3v) is 2.14. The van der Waals surface area contributed by atoms with Gasteiger partial charge in [0, 0.05) is 12.1 Å². The fourth-order valence-corrected chi connectivity index (χ4v) is 1.25. The molecular formula is C12H15NO2. The zero-order valence-electron chi connectivity index (χ0n) is 8.85.